The van der Waals surface area contributed by atoms with Gasteiger partial charge in [0.15, 0.2) is 0 Å². The van der Waals surface area contributed by atoms with Crippen LogP contribution < -0.4 is 5.32 Å². The summed E-state index contributed by atoms with van der Waals surface area (Å²) in [5, 5.41) is 12.9. The third kappa shape index (κ3) is 4.13. The lowest BCUT2D eigenvalue weighted by molar-refractivity contribution is 0.109. The molecule has 0 aromatic carbocycles. The number of halogens is 1. The minimum Gasteiger partial charge on any atom is -0.394 e. The highest BCUT2D eigenvalue weighted by Gasteiger charge is 2.32. The second-order valence-corrected chi connectivity index (χ2v) is 4.94. The molecule has 88 valence electrons. The molecule has 0 saturated heterocycles. The van der Waals surface area contributed by atoms with E-state index in [1.54, 1.807) is 0 Å². The number of hydrogen-bond acceptors (Lipinski definition) is 2. The van der Waals surface area contributed by atoms with Crippen molar-refractivity contribution in [3.8, 4) is 0 Å². The van der Waals surface area contributed by atoms with Crippen LogP contribution in [-0.4, -0.2) is 29.7 Å². The minimum absolute atomic E-state index is 0.0385. The molecule has 0 spiro atoms. The van der Waals surface area contributed by atoms with Crippen molar-refractivity contribution in [1.29, 1.82) is 0 Å². The molecule has 2 N–H and O–H groups in total. The van der Waals surface area contributed by atoms with Crippen LogP contribution in [0.25, 0.3) is 0 Å². The van der Waals surface area contributed by atoms with Crippen LogP contribution >= 0.6 is 11.6 Å². The van der Waals surface area contributed by atoms with E-state index in [4.69, 9.17) is 11.6 Å². The first-order chi connectivity index (χ1) is 7.22. The van der Waals surface area contributed by atoms with E-state index >= 15 is 0 Å². The Morgan fingerprint density at radius 3 is 2.60 bits per heavy atom. The fraction of sp³-hybridized carbons (Fsp3) is 0.833. The SMILES string of the molecule is CC1CCC(CO)(NC/C=C/CCl)CC1. The predicted molar refractivity (Wildman–Crippen MR) is 65.3 cm³/mol. The summed E-state index contributed by atoms with van der Waals surface area (Å²) < 4.78 is 0. The van der Waals surface area contributed by atoms with Crippen LogP contribution in [0.4, 0.5) is 0 Å². The Hall–Kier alpha value is -0.0500. The number of nitrogens with one attached hydrogen (secondary N) is 1. The highest BCUT2D eigenvalue weighted by Crippen LogP contribution is 2.31. The number of aliphatic hydroxyl groups is 1. The average molecular weight is 232 g/mol. The maximum atomic E-state index is 9.47. The fourth-order valence-corrected chi connectivity index (χ4v) is 2.25. The zero-order valence-electron chi connectivity index (χ0n) is 9.51. The van der Waals surface area contributed by atoms with E-state index in [1.807, 2.05) is 12.2 Å². The van der Waals surface area contributed by atoms with Crippen molar-refractivity contribution in [2.24, 2.45) is 5.92 Å². The van der Waals surface area contributed by atoms with Gasteiger partial charge < -0.3 is 10.4 Å². The number of alkyl halides is 1. The molecule has 1 aliphatic carbocycles. The summed E-state index contributed by atoms with van der Waals surface area (Å²) in [6.07, 6.45) is 8.56. The summed E-state index contributed by atoms with van der Waals surface area (Å²) in [4.78, 5) is 0. The van der Waals surface area contributed by atoms with E-state index in [2.05, 4.69) is 12.2 Å². The zero-order chi connectivity index (χ0) is 11.1. The van der Waals surface area contributed by atoms with Crippen LogP contribution in [0.3, 0.4) is 0 Å². The van der Waals surface area contributed by atoms with Crippen molar-refractivity contribution in [3.05, 3.63) is 12.2 Å². The standard InChI is InChI=1S/C12H22ClNO/c1-11-4-6-12(10-15,7-5-11)14-9-3-2-8-13/h2-3,11,14-15H,4-10H2,1H3/b3-2+. The highest BCUT2D eigenvalue weighted by atomic mass is 35.5. The molecule has 2 nitrogen and oxygen atoms in total. The van der Waals surface area contributed by atoms with E-state index in [9.17, 15) is 5.11 Å². The normalized spacial score (nSPS) is 32.3. The Bertz CT molecular complexity index is 198. The van der Waals surface area contributed by atoms with Crippen LogP contribution in [0.2, 0.25) is 0 Å². The summed E-state index contributed by atoms with van der Waals surface area (Å²) >= 11 is 5.55. The number of allylic oxidation sites excluding steroid dienone is 1. The van der Waals surface area contributed by atoms with E-state index in [0.29, 0.717) is 5.88 Å². The topological polar surface area (TPSA) is 32.3 Å². The molecule has 0 bridgehead atoms. The number of hydrogen-bond donors (Lipinski definition) is 2. The smallest absolute Gasteiger partial charge is 0.0613 e. The van der Waals surface area contributed by atoms with Gasteiger partial charge in [0.1, 0.15) is 0 Å². The Morgan fingerprint density at radius 1 is 1.40 bits per heavy atom. The molecule has 0 amide bonds. The molecule has 0 aliphatic heterocycles. The summed E-state index contributed by atoms with van der Waals surface area (Å²) in [5.41, 5.74) is -0.0385. The first kappa shape index (κ1) is 13.0. The van der Waals surface area contributed by atoms with Gasteiger partial charge in [-0.05, 0) is 31.6 Å². The lowest BCUT2D eigenvalue weighted by atomic mass is 9.77. The first-order valence-corrected chi connectivity index (χ1v) is 6.33. The van der Waals surface area contributed by atoms with Crippen LogP contribution in [0.5, 0.6) is 0 Å². The molecule has 1 saturated carbocycles. The van der Waals surface area contributed by atoms with E-state index in [1.165, 1.54) is 12.8 Å². The van der Waals surface area contributed by atoms with E-state index in [0.717, 1.165) is 25.3 Å². The van der Waals surface area contributed by atoms with Crippen molar-refractivity contribution in [2.75, 3.05) is 19.0 Å². The molecule has 1 rings (SSSR count). The van der Waals surface area contributed by atoms with Gasteiger partial charge >= 0.3 is 0 Å². The lowest BCUT2D eigenvalue weighted by Crippen LogP contribution is -2.50. The molecule has 0 aromatic rings. The Morgan fingerprint density at radius 2 is 2.07 bits per heavy atom. The monoisotopic (exact) mass is 231 g/mol. The number of rotatable bonds is 5. The van der Waals surface area contributed by atoms with Gasteiger partial charge in [-0.25, -0.2) is 0 Å². The third-order valence-corrected chi connectivity index (χ3v) is 3.56. The third-order valence-electron chi connectivity index (χ3n) is 3.38. The molecule has 1 aliphatic rings. The average Bonchev–Trinajstić information content (AvgIpc) is 2.28. The van der Waals surface area contributed by atoms with E-state index in [-0.39, 0.29) is 12.1 Å². The number of aliphatic hydroxyl groups excluding tert-OH is 1. The van der Waals surface area contributed by atoms with Gasteiger partial charge in [-0.1, -0.05) is 19.1 Å². The quantitative estimate of drug-likeness (QED) is 0.562. The van der Waals surface area contributed by atoms with Crippen molar-refractivity contribution in [2.45, 2.75) is 38.1 Å². The summed E-state index contributed by atoms with van der Waals surface area (Å²) in [6.45, 7) is 3.34. The molecular weight excluding hydrogens is 210 g/mol. The Labute approximate surface area is 97.7 Å². The summed E-state index contributed by atoms with van der Waals surface area (Å²) in [5.74, 6) is 1.37. The molecular formula is C12H22ClNO. The van der Waals surface area contributed by atoms with Crippen molar-refractivity contribution in [1.82, 2.24) is 5.32 Å². The molecule has 0 atom stereocenters. The minimum atomic E-state index is -0.0385. The van der Waals surface area contributed by atoms with Crippen LogP contribution in [0.1, 0.15) is 32.6 Å². The fourth-order valence-electron chi connectivity index (χ4n) is 2.13. The molecule has 0 radical (unpaired) electrons. The largest absolute Gasteiger partial charge is 0.394 e. The lowest BCUT2D eigenvalue weighted by Gasteiger charge is -2.38. The van der Waals surface area contributed by atoms with Gasteiger partial charge in [0, 0.05) is 18.0 Å². The Kier molecular flexibility index (Phi) is 5.65. The van der Waals surface area contributed by atoms with Gasteiger partial charge in [-0.3, -0.25) is 0 Å². The van der Waals surface area contributed by atoms with Gasteiger partial charge in [-0.15, -0.1) is 11.6 Å². The maximum absolute atomic E-state index is 9.47. The predicted octanol–water partition coefficient (Wildman–Crippen LogP) is 2.31. The van der Waals surface area contributed by atoms with Crippen LogP contribution in [0.15, 0.2) is 12.2 Å². The molecule has 0 unspecified atom stereocenters. The highest BCUT2D eigenvalue weighted by molar-refractivity contribution is 6.18. The Balaban J connectivity index is 2.36. The van der Waals surface area contributed by atoms with Gasteiger partial charge in [-0.2, -0.15) is 0 Å². The zero-order valence-corrected chi connectivity index (χ0v) is 10.3. The molecule has 3 heteroatoms. The second kappa shape index (κ2) is 6.51. The molecule has 1 fully saturated rings. The van der Waals surface area contributed by atoms with Gasteiger partial charge in [0.05, 0.1) is 6.61 Å². The second-order valence-electron chi connectivity index (χ2n) is 4.63. The summed E-state index contributed by atoms with van der Waals surface area (Å²) in [7, 11) is 0. The van der Waals surface area contributed by atoms with Gasteiger partial charge in [0.25, 0.3) is 0 Å². The molecule has 0 heterocycles. The molecule has 0 aromatic heterocycles. The van der Waals surface area contributed by atoms with Crippen molar-refractivity contribution >= 4 is 11.6 Å². The van der Waals surface area contributed by atoms with Gasteiger partial charge in [0.2, 0.25) is 0 Å². The van der Waals surface area contributed by atoms with Crippen molar-refractivity contribution in [3.63, 3.8) is 0 Å². The first-order valence-electron chi connectivity index (χ1n) is 5.79. The maximum Gasteiger partial charge on any atom is 0.0613 e. The summed E-state index contributed by atoms with van der Waals surface area (Å²) in [6, 6.07) is 0. The van der Waals surface area contributed by atoms with Crippen LogP contribution in [0, 0.1) is 5.92 Å². The van der Waals surface area contributed by atoms with Crippen molar-refractivity contribution < 1.29 is 5.11 Å². The molecule has 15 heavy (non-hydrogen) atoms. The van der Waals surface area contributed by atoms with Crippen LogP contribution in [-0.2, 0) is 0 Å². The van der Waals surface area contributed by atoms with E-state index < -0.39 is 0 Å².